The maximum atomic E-state index is 11.4. The average molecular weight is 281 g/mol. The van der Waals surface area contributed by atoms with E-state index >= 15 is 0 Å². The van der Waals surface area contributed by atoms with E-state index in [1.165, 1.54) is 11.8 Å². The van der Waals surface area contributed by atoms with Crippen LogP contribution in [0.15, 0.2) is 22.7 Å². The van der Waals surface area contributed by atoms with Gasteiger partial charge in [0.2, 0.25) is 0 Å². The molecule has 3 rings (SSSR count). The number of nitrogens with zero attached hydrogens (tertiary/aromatic N) is 3. The lowest BCUT2D eigenvalue weighted by atomic mass is 10.4. The van der Waals surface area contributed by atoms with Crippen molar-refractivity contribution >= 4 is 29.1 Å². The first kappa shape index (κ1) is 11.7. The Morgan fingerprint density at radius 3 is 3.11 bits per heavy atom. The van der Waals surface area contributed by atoms with Crippen LogP contribution in [0.5, 0.6) is 0 Å². The number of cyclic esters (lactones) is 1. The lowest BCUT2D eigenvalue weighted by Gasteiger charge is -2.04. The lowest BCUT2D eigenvalue weighted by Crippen LogP contribution is -2.10. The number of esters is 1. The topological polar surface area (TPSA) is 57.0 Å². The molecule has 5 nitrogen and oxygen atoms in total. The number of ether oxygens (including phenoxy) is 1. The van der Waals surface area contributed by atoms with Gasteiger partial charge in [0.25, 0.3) is 0 Å². The number of thiophene rings is 1. The number of aromatic nitrogens is 3. The van der Waals surface area contributed by atoms with Gasteiger partial charge in [0, 0.05) is 13.5 Å². The van der Waals surface area contributed by atoms with Crippen LogP contribution in [0, 0.1) is 0 Å². The number of rotatable bonds is 3. The second-order valence-corrected chi connectivity index (χ2v) is 6.02. The van der Waals surface area contributed by atoms with Crippen molar-refractivity contribution in [2.45, 2.75) is 16.8 Å². The van der Waals surface area contributed by atoms with Crippen LogP contribution in [-0.4, -0.2) is 32.6 Å². The minimum Gasteiger partial charge on any atom is -0.465 e. The van der Waals surface area contributed by atoms with Crippen LogP contribution >= 0.6 is 23.1 Å². The van der Waals surface area contributed by atoms with E-state index in [9.17, 15) is 4.79 Å². The standard InChI is InChI=1S/C11H11N3O2S2/c1-14-9(7-3-2-6-17-7)12-13-11(14)18-8-4-5-16-10(8)15/h2-3,6,8H,4-5H2,1H3/t8-/m0/s1. The summed E-state index contributed by atoms with van der Waals surface area (Å²) in [6.45, 7) is 0.506. The molecule has 0 unspecified atom stereocenters. The maximum Gasteiger partial charge on any atom is 0.319 e. The summed E-state index contributed by atoms with van der Waals surface area (Å²) in [5.74, 6) is 0.680. The van der Waals surface area contributed by atoms with Gasteiger partial charge in [0.1, 0.15) is 5.25 Å². The zero-order valence-corrected chi connectivity index (χ0v) is 11.3. The molecule has 3 heterocycles. The molecule has 1 atom stereocenters. The Kier molecular flexibility index (Phi) is 3.09. The summed E-state index contributed by atoms with van der Waals surface area (Å²) in [5.41, 5.74) is 0. The minimum atomic E-state index is -0.152. The molecule has 0 amide bonds. The molecule has 2 aromatic rings. The van der Waals surface area contributed by atoms with Crippen LogP contribution in [0.1, 0.15) is 6.42 Å². The van der Waals surface area contributed by atoms with E-state index in [2.05, 4.69) is 10.2 Å². The Labute approximate surface area is 112 Å². The summed E-state index contributed by atoms with van der Waals surface area (Å²) < 4.78 is 6.86. The lowest BCUT2D eigenvalue weighted by molar-refractivity contribution is -0.137. The molecule has 0 aliphatic carbocycles. The quantitative estimate of drug-likeness (QED) is 0.805. The third-order valence-corrected chi connectivity index (χ3v) is 4.86. The Hall–Kier alpha value is -1.34. The van der Waals surface area contributed by atoms with Crippen molar-refractivity contribution in [2.24, 2.45) is 7.05 Å². The van der Waals surface area contributed by atoms with E-state index in [4.69, 9.17) is 4.74 Å². The van der Waals surface area contributed by atoms with E-state index in [1.807, 2.05) is 29.1 Å². The maximum absolute atomic E-state index is 11.4. The smallest absolute Gasteiger partial charge is 0.319 e. The Balaban J connectivity index is 1.84. The van der Waals surface area contributed by atoms with Gasteiger partial charge < -0.3 is 9.30 Å². The SMILES string of the molecule is Cn1c(S[C@H]2CCOC2=O)nnc1-c1cccs1. The Bertz CT molecular complexity index is 565. The number of hydrogen-bond donors (Lipinski definition) is 0. The van der Waals surface area contributed by atoms with Gasteiger partial charge >= 0.3 is 5.97 Å². The van der Waals surface area contributed by atoms with E-state index in [-0.39, 0.29) is 11.2 Å². The molecule has 0 N–H and O–H groups in total. The third kappa shape index (κ3) is 2.04. The molecule has 0 aromatic carbocycles. The first-order chi connectivity index (χ1) is 8.75. The summed E-state index contributed by atoms with van der Waals surface area (Å²) in [5, 5.41) is 10.9. The second-order valence-electron chi connectivity index (χ2n) is 3.91. The summed E-state index contributed by atoms with van der Waals surface area (Å²) in [6, 6.07) is 3.99. The van der Waals surface area contributed by atoms with Crippen molar-refractivity contribution in [1.82, 2.24) is 14.8 Å². The fraction of sp³-hybridized carbons (Fsp3) is 0.364. The molecule has 0 spiro atoms. The Morgan fingerprint density at radius 1 is 1.56 bits per heavy atom. The highest BCUT2D eigenvalue weighted by Gasteiger charge is 2.29. The summed E-state index contributed by atoms with van der Waals surface area (Å²) >= 11 is 3.05. The van der Waals surface area contributed by atoms with Gasteiger partial charge in [-0.15, -0.1) is 21.5 Å². The van der Waals surface area contributed by atoms with Crippen LogP contribution < -0.4 is 0 Å². The number of carbonyl (C=O) groups is 1. The zero-order valence-electron chi connectivity index (χ0n) is 9.70. The fourth-order valence-corrected chi connectivity index (χ4v) is 3.46. The van der Waals surface area contributed by atoms with Crippen LogP contribution in [0.3, 0.4) is 0 Å². The zero-order chi connectivity index (χ0) is 12.5. The molecule has 1 aliphatic heterocycles. The summed E-state index contributed by atoms with van der Waals surface area (Å²) in [4.78, 5) is 12.5. The predicted molar refractivity (Wildman–Crippen MR) is 69.5 cm³/mol. The summed E-state index contributed by atoms with van der Waals surface area (Å²) in [7, 11) is 1.91. The van der Waals surface area contributed by atoms with Gasteiger partial charge in [-0.2, -0.15) is 0 Å². The third-order valence-electron chi connectivity index (χ3n) is 2.71. The van der Waals surface area contributed by atoms with Gasteiger partial charge in [-0.05, 0) is 11.4 Å². The van der Waals surface area contributed by atoms with E-state index in [0.717, 1.165) is 22.3 Å². The van der Waals surface area contributed by atoms with Crippen molar-refractivity contribution in [3.63, 3.8) is 0 Å². The highest BCUT2D eigenvalue weighted by Crippen LogP contribution is 2.31. The van der Waals surface area contributed by atoms with Crippen LogP contribution in [0.2, 0.25) is 0 Å². The van der Waals surface area contributed by atoms with Gasteiger partial charge in [-0.3, -0.25) is 4.79 Å². The summed E-state index contributed by atoms with van der Waals surface area (Å²) in [6.07, 6.45) is 0.741. The van der Waals surface area contributed by atoms with Gasteiger partial charge in [0.05, 0.1) is 11.5 Å². The molecular weight excluding hydrogens is 270 g/mol. The van der Waals surface area contributed by atoms with Crippen molar-refractivity contribution in [1.29, 1.82) is 0 Å². The molecule has 1 saturated heterocycles. The molecule has 0 saturated carbocycles. The van der Waals surface area contributed by atoms with E-state index in [0.29, 0.717) is 6.61 Å². The number of thioether (sulfide) groups is 1. The molecule has 0 radical (unpaired) electrons. The number of hydrogen-bond acceptors (Lipinski definition) is 6. The van der Waals surface area contributed by atoms with Crippen LogP contribution in [0.25, 0.3) is 10.7 Å². The monoisotopic (exact) mass is 281 g/mol. The largest absolute Gasteiger partial charge is 0.465 e. The van der Waals surface area contributed by atoms with Crippen molar-refractivity contribution in [2.75, 3.05) is 6.61 Å². The minimum absolute atomic E-state index is 0.149. The fourth-order valence-electron chi connectivity index (χ4n) is 1.75. The first-order valence-electron chi connectivity index (χ1n) is 5.52. The number of carbonyl (C=O) groups excluding carboxylic acids is 1. The average Bonchev–Trinajstić information content (AvgIpc) is 3.05. The van der Waals surface area contributed by atoms with Crippen molar-refractivity contribution in [3.05, 3.63) is 17.5 Å². The molecule has 1 aliphatic rings. The van der Waals surface area contributed by atoms with E-state index < -0.39 is 0 Å². The van der Waals surface area contributed by atoms with Gasteiger partial charge in [-0.1, -0.05) is 17.8 Å². The molecule has 0 bridgehead atoms. The first-order valence-corrected chi connectivity index (χ1v) is 7.28. The van der Waals surface area contributed by atoms with E-state index in [1.54, 1.807) is 11.3 Å². The van der Waals surface area contributed by atoms with Gasteiger partial charge in [-0.25, -0.2) is 0 Å². The highest BCUT2D eigenvalue weighted by molar-refractivity contribution is 8.00. The molecule has 18 heavy (non-hydrogen) atoms. The molecule has 2 aromatic heterocycles. The molecule has 7 heteroatoms. The molecular formula is C11H11N3O2S2. The normalized spacial score (nSPS) is 19.2. The van der Waals surface area contributed by atoms with Crippen LogP contribution in [-0.2, 0) is 16.6 Å². The predicted octanol–water partition coefficient (Wildman–Crippen LogP) is 1.95. The van der Waals surface area contributed by atoms with Crippen molar-refractivity contribution in [3.8, 4) is 10.7 Å². The molecule has 1 fully saturated rings. The van der Waals surface area contributed by atoms with Crippen LogP contribution in [0.4, 0.5) is 0 Å². The van der Waals surface area contributed by atoms with Gasteiger partial charge in [0.15, 0.2) is 11.0 Å². The highest BCUT2D eigenvalue weighted by atomic mass is 32.2. The Morgan fingerprint density at radius 2 is 2.44 bits per heavy atom. The second kappa shape index (κ2) is 4.74. The van der Waals surface area contributed by atoms with Crippen molar-refractivity contribution < 1.29 is 9.53 Å². The molecule has 94 valence electrons.